The summed E-state index contributed by atoms with van der Waals surface area (Å²) >= 11 is 6.42. The van der Waals surface area contributed by atoms with Crippen LogP contribution in [0.25, 0.3) is 11.1 Å². The highest BCUT2D eigenvalue weighted by Gasteiger charge is 2.34. The van der Waals surface area contributed by atoms with Crippen molar-refractivity contribution in [2.24, 2.45) is 0 Å². The molecule has 0 unspecified atom stereocenters. The maximum Gasteiger partial charge on any atom is 0.410 e. The number of nitrogens with zero attached hydrogens (tertiary/aromatic N) is 1. The van der Waals surface area contributed by atoms with Gasteiger partial charge in [0, 0.05) is 22.8 Å². The summed E-state index contributed by atoms with van der Waals surface area (Å²) in [7, 11) is 0. The van der Waals surface area contributed by atoms with Gasteiger partial charge in [-0.3, -0.25) is 9.69 Å². The summed E-state index contributed by atoms with van der Waals surface area (Å²) in [5.41, 5.74) is 1.88. The average molecular weight is 487 g/mol. The quantitative estimate of drug-likeness (QED) is 0.531. The Hall–Kier alpha value is -3.06. The van der Waals surface area contributed by atoms with E-state index in [0.717, 1.165) is 18.4 Å². The minimum Gasteiger partial charge on any atom is -0.462 e. The molecule has 2 aromatic carbocycles. The zero-order valence-corrected chi connectivity index (χ0v) is 20.8. The van der Waals surface area contributed by atoms with Gasteiger partial charge < -0.3 is 14.8 Å². The molecule has 1 aliphatic rings. The summed E-state index contributed by atoms with van der Waals surface area (Å²) in [6.45, 7) is 7.95. The molecule has 2 amide bonds. The minimum absolute atomic E-state index is 0.267. The summed E-state index contributed by atoms with van der Waals surface area (Å²) < 4.78 is 10.5. The highest BCUT2D eigenvalue weighted by molar-refractivity contribution is 6.33. The lowest BCUT2D eigenvalue weighted by Crippen LogP contribution is -2.51. The third-order valence-electron chi connectivity index (χ3n) is 5.37. The molecule has 1 N–H and O–H groups in total. The van der Waals surface area contributed by atoms with E-state index < -0.39 is 17.7 Å². The zero-order chi connectivity index (χ0) is 24.9. The monoisotopic (exact) mass is 486 g/mol. The van der Waals surface area contributed by atoms with Gasteiger partial charge in [0.1, 0.15) is 11.6 Å². The predicted octanol–water partition coefficient (Wildman–Crippen LogP) is 5.91. The van der Waals surface area contributed by atoms with E-state index in [4.69, 9.17) is 21.1 Å². The molecule has 0 bridgehead atoms. The Labute approximate surface area is 205 Å². The third kappa shape index (κ3) is 6.50. The van der Waals surface area contributed by atoms with Crippen LogP contribution in [0.4, 0.5) is 10.5 Å². The SMILES string of the molecule is CCOC(=O)c1ccc(-c2cc(NC(=O)[C@H]3CCCCN3C(=O)OC(C)(C)C)ccc2Cl)cc1. The number of esters is 1. The molecule has 0 radical (unpaired) electrons. The van der Waals surface area contributed by atoms with Gasteiger partial charge in [0.05, 0.1) is 12.2 Å². The molecule has 0 aromatic heterocycles. The molecule has 3 rings (SSSR count). The lowest BCUT2D eigenvalue weighted by atomic mass is 10.0. The second kappa shape index (κ2) is 10.9. The Bertz CT molecular complexity index is 1050. The van der Waals surface area contributed by atoms with Crippen molar-refractivity contribution in [2.75, 3.05) is 18.5 Å². The number of piperidine rings is 1. The first kappa shape index (κ1) is 25.6. The molecule has 0 aliphatic carbocycles. The van der Waals surface area contributed by atoms with E-state index in [-0.39, 0.29) is 11.9 Å². The molecule has 1 aliphatic heterocycles. The first-order chi connectivity index (χ1) is 16.1. The van der Waals surface area contributed by atoms with Gasteiger partial charge in [-0.15, -0.1) is 0 Å². The number of halogens is 1. The van der Waals surface area contributed by atoms with Gasteiger partial charge in [0.25, 0.3) is 0 Å². The smallest absolute Gasteiger partial charge is 0.410 e. The van der Waals surface area contributed by atoms with Gasteiger partial charge >= 0.3 is 12.1 Å². The number of hydrogen-bond donors (Lipinski definition) is 1. The van der Waals surface area contributed by atoms with E-state index in [2.05, 4.69) is 5.32 Å². The molecule has 0 saturated carbocycles. The summed E-state index contributed by atoms with van der Waals surface area (Å²) in [5.74, 6) is -0.653. The van der Waals surface area contributed by atoms with E-state index in [1.54, 1.807) is 70.2 Å². The van der Waals surface area contributed by atoms with E-state index in [9.17, 15) is 14.4 Å². The Morgan fingerprint density at radius 3 is 2.44 bits per heavy atom. The fourth-order valence-corrected chi connectivity index (χ4v) is 4.02. The molecule has 34 heavy (non-hydrogen) atoms. The van der Waals surface area contributed by atoms with Gasteiger partial charge in [0.15, 0.2) is 0 Å². The number of rotatable bonds is 5. The summed E-state index contributed by atoms with van der Waals surface area (Å²) in [5, 5.41) is 3.43. The molecule has 7 nitrogen and oxygen atoms in total. The van der Waals surface area contributed by atoms with Crippen molar-refractivity contribution in [2.45, 2.75) is 58.6 Å². The second-order valence-corrected chi connectivity index (χ2v) is 9.57. The minimum atomic E-state index is -0.635. The number of amides is 2. The van der Waals surface area contributed by atoms with Gasteiger partial charge in [-0.1, -0.05) is 23.7 Å². The van der Waals surface area contributed by atoms with Crippen LogP contribution in [0.15, 0.2) is 42.5 Å². The first-order valence-electron chi connectivity index (χ1n) is 11.5. The van der Waals surface area contributed by atoms with E-state index in [1.807, 2.05) is 0 Å². The van der Waals surface area contributed by atoms with Gasteiger partial charge in [-0.05, 0) is 82.9 Å². The number of carbonyl (C=O) groups excluding carboxylic acids is 3. The van der Waals surface area contributed by atoms with Crippen LogP contribution in [0.2, 0.25) is 5.02 Å². The largest absolute Gasteiger partial charge is 0.462 e. The molecule has 1 atom stereocenters. The third-order valence-corrected chi connectivity index (χ3v) is 5.70. The number of carbonyl (C=O) groups is 3. The lowest BCUT2D eigenvalue weighted by molar-refractivity contribution is -0.122. The number of hydrogen-bond acceptors (Lipinski definition) is 5. The molecule has 1 fully saturated rings. The fraction of sp³-hybridized carbons (Fsp3) is 0.423. The van der Waals surface area contributed by atoms with Crippen LogP contribution < -0.4 is 5.32 Å². The van der Waals surface area contributed by atoms with Crippen molar-refractivity contribution in [3.8, 4) is 11.1 Å². The van der Waals surface area contributed by atoms with Crippen LogP contribution in [0, 0.1) is 0 Å². The Morgan fingerprint density at radius 2 is 1.79 bits per heavy atom. The number of likely N-dealkylation sites (tertiary alicyclic amines) is 1. The number of anilines is 1. The Kier molecular flexibility index (Phi) is 8.20. The van der Waals surface area contributed by atoms with Crippen LogP contribution in [0.3, 0.4) is 0 Å². The molecule has 182 valence electrons. The molecular weight excluding hydrogens is 456 g/mol. The molecule has 1 heterocycles. The van der Waals surface area contributed by atoms with Gasteiger partial charge in [-0.25, -0.2) is 9.59 Å². The number of benzene rings is 2. The molecule has 1 saturated heterocycles. The van der Waals surface area contributed by atoms with E-state index in [0.29, 0.717) is 41.4 Å². The Balaban J connectivity index is 1.77. The maximum absolute atomic E-state index is 13.1. The summed E-state index contributed by atoms with van der Waals surface area (Å²) in [4.78, 5) is 39.2. The number of ether oxygens (including phenoxy) is 2. The van der Waals surface area contributed by atoms with Crippen LogP contribution in [-0.2, 0) is 14.3 Å². The summed E-state index contributed by atoms with van der Waals surface area (Å²) in [6.07, 6.45) is 1.78. The first-order valence-corrected chi connectivity index (χ1v) is 11.8. The molecule has 2 aromatic rings. The normalized spacial score (nSPS) is 16.0. The number of nitrogens with one attached hydrogen (secondary N) is 1. The average Bonchev–Trinajstić information content (AvgIpc) is 2.79. The van der Waals surface area contributed by atoms with Crippen LogP contribution in [0.1, 0.15) is 57.3 Å². The molecule has 0 spiro atoms. The second-order valence-electron chi connectivity index (χ2n) is 9.17. The van der Waals surface area contributed by atoms with E-state index in [1.165, 1.54) is 4.90 Å². The predicted molar refractivity (Wildman–Crippen MR) is 132 cm³/mol. The lowest BCUT2D eigenvalue weighted by Gasteiger charge is -2.35. The van der Waals surface area contributed by atoms with Crippen molar-refractivity contribution in [1.29, 1.82) is 0 Å². The van der Waals surface area contributed by atoms with E-state index >= 15 is 0 Å². The highest BCUT2D eigenvalue weighted by Crippen LogP contribution is 2.31. The topological polar surface area (TPSA) is 84.9 Å². The molecule has 8 heteroatoms. The standard InChI is InChI=1S/C26H31ClN2O5/c1-5-33-24(31)18-11-9-17(10-12-18)20-16-19(13-14-21(20)27)28-23(30)22-8-6-7-15-29(22)25(32)34-26(2,3)4/h9-14,16,22H,5-8,15H2,1-4H3,(H,28,30)/t22-/m1/s1. The van der Waals surface area contributed by atoms with Crippen molar-refractivity contribution in [3.05, 3.63) is 53.1 Å². The van der Waals surface area contributed by atoms with Crippen molar-refractivity contribution in [1.82, 2.24) is 4.90 Å². The molecular formula is C26H31ClN2O5. The highest BCUT2D eigenvalue weighted by atomic mass is 35.5. The van der Waals surface area contributed by atoms with Crippen molar-refractivity contribution in [3.63, 3.8) is 0 Å². The van der Waals surface area contributed by atoms with Crippen LogP contribution in [-0.4, -0.2) is 47.7 Å². The zero-order valence-electron chi connectivity index (χ0n) is 20.0. The Morgan fingerprint density at radius 1 is 1.09 bits per heavy atom. The van der Waals surface area contributed by atoms with Gasteiger partial charge in [0.2, 0.25) is 5.91 Å². The summed E-state index contributed by atoms with van der Waals surface area (Å²) in [6, 6.07) is 11.5. The van der Waals surface area contributed by atoms with Crippen molar-refractivity contribution >= 4 is 35.3 Å². The maximum atomic E-state index is 13.1. The van der Waals surface area contributed by atoms with Gasteiger partial charge in [-0.2, -0.15) is 0 Å². The van der Waals surface area contributed by atoms with Crippen LogP contribution >= 0.6 is 11.6 Å². The fourth-order valence-electron chi connectivity index (χ4n) is 3.79. The van der Waals surface area contributed by atoms with Crippen LogP contribution in [0.5, 0.6) is 0 Å². The van der Waals surface area contributed by atoms with Crippen molar-refractivity contribution < 1.29 is 23.9 Å².